The second kappa shape index (κ2) is 7.41. The summed E-state index contributed by atoms with van der Waals surface area (Å²) in [6, 6.07) is 8.05. The molecule has 0 aromatic heterocycles. The van der Waals surface area contributed by atoms with E-state index in [4.69, 9.17) is 5.73 Å². The maximum atomic E-state index is 12.3. The minimum Gasteiger partial charge on any atom is -0.330 e. The number of benzene rings is 1. The van der Waals surface area contributed by atoms with Crippen LogP contribution in [0.5, 0.6) is 0 Å². The van der Waals surface area contributed by atoms with E-state index in [2.05, 4.69) is 16.3 Å². The zero-order chi connectivity index (χ0) is 14.4. The molecule has 110 valence electrons. The molecule has 1 amide bonds. The number of carbonyl (C=O) groups excluding carboxylic acids is 1. The minimum atomic E-state index is -0.0275. The number of nitrogens with one attached hydrogen (secondary N) is 1. The van der Waals surface area contributed by atoms with E-state index in [1.165, 1.54) is 5.56 Å². The number of amides is 1. The predicted octanol–water partition coefficient (Wildman–Crippen LogP) is 2.00. The Bertz CT molecular complexity index is 447. The van der Waals surface area contributed by atoms with Gasteiger partial charge in [0.15, 0.2) is 0 Å². The molecule has 4 heteroatoms. The number of nitrogens with two attached hydrogens (primary N) is 1. The van der Waals surface area contributed by atoms with Gasteiger partial charge in [0.25, 0.3) is 0 Å². The number of carbonyl (C=O) groups is 1. The van der Waals surface area contributed by atoms with Gasteiger partial charge >= 0.3 is 0 Å². The fraction of sp³-hybridized carbons (Fsp3) is 0.562. The largest absolute Gasteiger partial charge is 0.330 e. The number of likely N-dealkylation sites (N-methyl/N-ethyl adjacent to an activating group) is 1. The van der Waals surface area contributed by atoms with Gasteiger partial charge in [0, 0.05) is 5.69 Å². The van der Waals surface area contributed by atoms with Crippen molar-refractivity contribution in [2.75, 3.05) is 25.5 Å². The third-order valence-electron chi connectivity index (χ3n) is 4.01. The molecule has 1 atom stereocenters. The van der Waals surface area contributed by atoms with Gasteiger partial charge in [-0.1, -0.05) is 24.6 Å². The first-order valence-electron chi connectivity index (χ1n) is 7.51. The number of aryl methyl sites for hydroxylation is 1. The van der Waals surface area contributed by atoms with Crippen LogP contribution in [0, 0.1) is 0 Å². The van der Waals surface area contributed by atoms with Crippen LogP contribution in [0.1, 0.15) is 31.2 Å². The summed E-state index contributed by atoms with van der Waals surface area (Å²) in [7, 11) is 2.04. The molecule has 2 rings (SSSR count). The van der Waals surface area contributed by atoms with E-state index in [9.17, 15) is 4.79 Å². The Morgan fingerprint density at radius 2 is 2.10 bits per heavy atom. The van der Waals surface area contributed by atoms with Crippen LogP contribution in [0.4, 0.5) is 5.69 Å². The molecule has 1 heterocycles. The number of hydrogen-bond donors (Lipinski definition) is 2. The van der Waals surface area contributed by atoms with Crippen molar-refractivity contribution in [3.8, 4) is 0 Å². The van der Waals surface area contributed by atoms with Crippen LogP contribution in [0.3, 0.4) is 0 Å². The van der Waals surface area contributed by atoms with Crippen molar-refractivity contribution < 1.29 is 4.79 Å². The van der Waals surface area contributed by atoms with Crippen LogP contribution in [-0.2, 0) is 11.2 Å². The summed E-state index contributed by atoms with van der Waals surface area (Å²) in [4.78, 5) is 14.5. The summed E-state index contributed by atoms with van der Waals surface area (Å²) in [5, 5.41) is 3.05. The first kappa shape index (κ1) is 15.0. The van der Waals surface area contributed by atoms with E-state index in [0.29, 0.717) is 0 Å². The number of nitrogens with zero attached hydrogens (tertiary/aromatic N) is 1. The molecule has 1 aromatic carbocycles. The topological polar surface area (TPSA) is 58.4 Å². The van der Waals surface area contributed by atoms with E-state index in [1.54, 1.807) is 0 Å². The number of unbranched alkanes of at least 4 members (excludes halogenated alkanes) is 2. The average Bonchev–Trinajstić information content (AvgIpc) is 2.61. The first-order chi connectivity index (χ1) is 9.72. The maximum Gasteiger partial charge on any atom is 0.241 e. The SMILES string of the molecule is CN(CCCCCN)C1CCc2ccccc2NC1=O. The van der Waals surface area contributed by atoms with Gasteiger partial charge in [-0.2, -0.15) is 0 Å². The van der Waals surface area contributed by atoms with Gasteiger partial charge in [0.05, 0.1) is 6.04 Å². The Morgan fingerprint density at radius 1 is 1.30 bits per heavy atom. The summed E-state index contributed by atoms with van der Waals surface area (Å²) in [6.45, 7) is 1.71. The van der Waals surface area contributed by atoms with Crippen LogP contribution < -0.4 is 11.1 Å². The fourth-order valence-electron chi connectivity index (χ4n) is 2.76. The van der Waals surface area contributed by atoms with Gasteiger partial charge in [-0.25, -0.2) is 0 Å². The normalized spacial score (nSPS) is 18.6. The van der Waals surface area contributed by atoms with Crippen molar-refractivity contribution in [3.63, 3.8) is 0 Å². The highest BCUT2D eigenvalue weighted by Crippen LogP contribution is 2.23. The molecular weight excluding hydrogens is 250 g/mol. The first-order valence-corrected chi connectivity index (χ1v) is 7.51. The molecule has 0 bridgehead atoms. The van der Waals surface area contributed by atoms with Crippen LogP contribution in [0.25, 0.3) is 0 Å². The highest BCUT2D eigenvalue weighted by Gasteiger charge is 2.26. The minimum absolute atomic E-state index is 0.0275. The zero-order valence-electron chi connectivity index (χ0n) is 12.3. The molecule has 1 aliphatic heterocycles. The average molecular weight is 275 g/mol. The lowest BCUT2D eigenvalue weighted by Crippen LogP contribution is -2.41. The van der Waals surface area contributed by atoms with Crippen molar-refractivity contribution in [2.45, 2.75) is 38.1 Å². The van der Waals surface area contributed by atoms with Crippen molar-refractivity contribution >= 4 is 11.6 Å². The molecule has 0 saturated carbocycles. The number of fused-ring (bicyclic) bond motifs is 1. The number of rotatable bonds is 6. The Kier molecular flexibility index (Phi) is 5.56. The lowest BCUT2D eigenvalue weighted by Gasteiger charge is -2.25. The lowest BCUT2D eigenvalue weighted by atomic mass is 10.0. The smallest absolute Gasteiger partial charge is 0.241 e. The van der Waals surface area contributed by atoms with Crippen molar-refractivity contribution in [1.29, 1.82) is 0 Å². The molecule has 0 radical (unpaired) electrons. The second-order valence-corrected chi connectivity index (χ2v) is 5.53. The quantitative estimate of drug-likeness (QED) is 0.781. The van der Waals surface area contributed by atoms with Crippen LogP contribution in [0.15, 0.2) is 24.3 Å². The van der Waals surface area contributed by atoms with E-state index in [0.717, 1.165) is 50.9 Å². The zero-order valence-corrected chi connectivity index (χ0v) is 12.3. The van der Waals surface area contributed by atoms with Crippen molar-refractivity contribution in [2.24, 2.45) is 5.73 Å². The second-order valence-electron chi connectivity index (χ2n) is 5.53. The molecule has 0 fully saturated rings. The molecule has 0 spiro atoms. The standard InChI is InChI=1S/C16H25N3O/c1-19(12-6-2-5-11-17)15-10-9-13-7-3-4-8-14(13)18-16(15)20/h3-4,7-8,15H,2,5-6,9-12,17H2,1H3,(H,18,20). The van der Waals surface area contributed by atoms with Gasteiger partial charge in [-0.3, -0.25) is 9.69 Å². The van der Waals surface area contributed by atoms with Crippen molar-refractivity contribution in [3.05, 3.63) is 29.8 Å². The Balaban J connectivity index is 1.92. The summed E-state index contributed by atoms with van der Waals surface area (Å²) < 4.78 is 0. The molecule has 3 N–H and O–H groups in total. The number of para-hydroxylation sites is 1. The Labute approximate surface area is 121 Å². The molecular formula is C16H25N3O. The fourth-order valence-corrected chi connectivity index (χ4v) is 2.76. The third-order valence-corrected chi connectivity index (χ3v) is 4.01. The molecule has 0 saturated heterocycles. The van der Waals surface area contributed by atoms with Gasteiger partial charge in [-0.15, -0.1) is 0 Å². The van der Waals surface area contributed by atoms with Crippen molar-refractivity contribution in [1.82, 2.24) is 4.90 Å². The van der Waals surface area contributed by atoms with E-state index >= 15 is 0 Å². The maximum absolute atomic E-state index is 12.3. The molecule has 20 heavy (non-hydrogen) atoms. The predicted molar refractivity (Wildman–Crippen MR) is 82.7 cm³/mol. The van der Waals surface area contributed by atoms with Gasteiger partial charge in [-0.05, 0) is 57.5 Å². The molecule has 1 unspecified atom stereocenters. The molecule has 1 aromatic rings. The van der Waals surface area contributed by atoms with Crippen LogP contribution in [0.2, 0.25) is 0 Å². The van der Waals surface area contributed by atoms with E-state index < -0.39 is 0 Å². The van der Waals surface area contributed by atoms with Gasteiger partial charge < -0.3 is 11.1 Å². The summed E-state index contributed by atoms with van der Waals surface area (Å²) in [5.74, 6) is 0.122. The summed E-state index contributed by atoms with van der Waals surface area (Å²) in [5.41, 5.74) is 7.71. The number of anilines is 1. The highest BCUT2D eigenvalue weighted by atomic mass is 16.2. The Hall–Kier alpha value is -1.39. The van der Waals surface area contributed by atoms with E-state index in [1.807, 2.05) is 25.2 Å². The van der Waals surface area contributed by atoms with Gasteiger partial charge in [0.1, 0.15) is 0 Å². The number of hydrogen-bond acceptors (Lipinski definition) is 3. The molecule has 1 aliphatic rings. The van der Waals surface area contributed by atoms with E-state index in [-0.39, 0.29) is 11.9 Å². The summed E-state index contributed by atoms with van der Waals surface area (Å²) >= 11 is 0. The summed E-state index contributed by atoms with van der Waals surface area (Å²) in [6.07, 6.45) is 5.14. The monoisotopic (exact) mass is 275 g/mol. The lowest BCUT2D eigenvalue weighted by molar-refractivity contribution is -0.120. The highest BCUT2D eigenvalue weighted by molar-refractivity contribution is 5.96. The van der Waals surface area contributed by atoms with Gasteiger partial charge in [0.2, 0.25) is 5.91 Å². The Morgan fingerprint density at radius 3 is 2.90 bits per heavy atom. The molecule has 0 aliphatic carbocycles. The molecule has 4 nitrogen and oxygen atoms in total. The van der Waals surface area contributed by atoms with Crippen LogP contribution in [-0.4, -0.2) is 37.0 Å². The van der Waals surface area contributed by atoms with Crippen LogP contribution >= 0.6 is 0 Å². The third kappa shape index (κ3) is 3.81.